The Labute approximate surface area is 97.7 Å². The van der Waals surface area contributed by atoms with Crippen molar-refractivity contribution in [3.63, 3.8) is 0 Å². The molecule has 3 nitrogen and oxygen atoms in total. The van der Waals surface area contributed by atoms with Crippen LogP contribution in [0.2, 0.25) is 0 Å². The van der Waals surface area contributed by atoms with E-state index in [0.29, 0.717) is 0 Å². The SMILES string of the molecule is CN(CO)C(=O)S.[H-].[K+]. The average molecular weight is 161 g/mol. The largest absolute Gasteiger partial charge is 1.00 e. The van der Waals surface area contributed by atoms with E-state index in [1.165, 1.54) is 7.05 Å². The van der Waals surface area contributed by atoms with E-state index in [0.717, 1.165) is 4.90 Å². The number of nitrogens with zero attached hydrogens (tertiary/aromatic N) is 1. The Hall–Kier alpha value is 1.42. The van der Waals surface area contributed by atoms with E-state index >= 15 is 0 Å². The van der Waals surface area contributed by atoms with Crippen LogP contribution in [-0.4, -0.2) is 29.0 Å². The maximum atomic E-state index is 10.0. The first-order valence-electron chi connectivity index (χ1n) is 1.73. The monoisotopic (exact) mass is 161 g/mol. The summed E-state index contributed by atoms with van der Waals surface area (Å²) in [6.07, 6.45) is 0. The third kappa shape index (κ3) is 5.55. The summed E-state index contributed by atoms with van der Waals surface area (Å²) >= 11 is 3.40. The fraction of sp³-hybridized carbons (Fsp3) is 0.667. The van der Waals surface area contributed by atoms with E-state index in [2.05, 4.69) is 12.6 Å². The van der Waals surface area contributed by atoms with Crippen LogP contribution in [0, 0.1) is 0 Å². The minimum absolute atomic E-state index is 0. The predicted octanol–water partition coefficient (Wildman–Crippen LogP) is -2.97. The van der Waals surface area contributed by atoms with Gasteiger partial charge in [0.05, 0.1) is 0 Å². The molecule has 0 saturated carbocycles. The van der Waals surface area contributed by atoms with Crippen molar-refractivity contribution in [2.45, 2.75) is 0 Å². The topological polar surface area (TPSA) is 40.5 Å². The summed E-state index contributed by atoms with van der Waals surface area (Å²) in [7, 11) is 1.45. The standard InChI is InChI=1S/C3H7NO2S.K.H/c1-4(2-5)3(6)7;;/h5H,2H2,1H3,(H,6,7);;/q;+1;-1. The van der Waals surface area contributed by atoms with Crippen molar-refractivity contribution < 1.29 is 62.7 Å². The van der Waals surface area contributed by atoms with Crippen LogP contribution < -0.4 is 51.4 Å². The summed E-state index contributed by atoms with van der Waals surface area (Å²) < 4.78 is 0. The van der Waals surface area contributed by atoms with Crippen LogP contribution in [0.1, 0.15) is 1.43 Å². The maximum Gasteiger partial charge on any atom is 1.00 e. The van der Waals surface area contributed by atoms with Gasteiger partial charge in [-0.3, -0.25) is 4.79 Å². The molecular formula is C3H8KNO2S. The van der Waals surface area contributed by atoms with Gasteiger partial charge in [-0.2, -0.15) is 0 Å². The Morgan fingerprint density at radius 2 is 2.38 bits per heavy atom. The molecular weight excluding hydrogens is 153 g/mol. The van der Waals surface area contributed by atoms with Crippen molar-refractivity contribution >= 4 is 17.9 Å². The zero-order valence-corrected chi connectivity index (χ0v) is 8.97. The molecule has 0 bridgehead atoms. The van der Waals surface area contributed by atoms with Gasteiger partial charge in [-0.25, -0.2) is 0 Å². The van der Waals surface area contributed by atoms with Crippen molar-refractivity contribution in [2.24, 2.45) is 0 Å². The van der Waals surface area contributed by atoms with Crippen LogP contribution in [0.3, 0.4) is 0 Å². The van der Waals surface area contributed by atoms with Crippen LogP contribution in [0.25, 0.3) is 0 Å². The van der Waals surface area contributed by atoms with Crippen molar-refractivity contribution in [3.05, 3.63) is 0 Å². The summed E-state index contributed by atoms with van der Waals surface area (Å²) in [5, 5.41) is 7.73. The van der Waals surface area contributed by atoms with Crippen molar-refractivity contribution in [1.82, 2.24) is 4.90 Å². The molecule has 0 aromatic rings. The predicted molar refractivity (Wildman–Crippen MR) is 30.3 cm³/mol. The molecule has 0 unspecified atom stereocenters. The third-order valence-electron chi connectivity index (χ3n) is 0.539. The molecule has 5 heteroatoms. The Bertz CT molecular complexity index is 84.2. The molecule has 0 atom stereocenters. The van der Waals surface area contributed by atoms with Crippen LogP contribution >= 0.6 is 12.6 Å². The van der Waals surface area contributed by atoms with E-state index in [-0.39, 0.29) is 59.5 Å². The molecule has 0 radical (unpaired) electrons. The summed E-state index contributed by atoms with van der Waals surface area (Å²) in [6.45, 7) is -0.275. The van der Waals surface area contributed by atoms with E-state index in [1.807, 2.05) is 0 Å². The minimum Gasteiger partial charge on any atom is -1.00 e. The summed E-state index contributed by atoms with van der Waals surface area (Å²) in [4.78, 5) is 11.1. The molecule has 0 aliphatic rings. The number of aliphatic hydroxyl groups excluding tert-OH is 1. The molecule has 0 aliphatic heterocycles. The molecule has 0 aliphatic carbocycles. The van der Waals surface area contributed by atoms with E-state index in [9.17, 15) is 4.79 Å². The number of carbonyl (C=O) groups is 1. The Balaban J connectivity index is -0.000000180. The first kappa shape index (κ1) is 12.1. The van der Waals surface area contributed by atoms with Gasteiger partial charge in [-0.1, -0.05) is 12.6 Å². The molecule has 44 valence electrons. The number of carbonyl (C=O) groups excluding carboxylic acids is 1. The molecule has 8 heavy (non-hydrogen) atoms. The molecule has 0 heterocycles. The van der Waals surface area contributed by atoms with Gasteiger partial charge in [0.2, 0.25) is 0 Å². The van der Waals surface area contributed by atoms with Crippen molar-refractivity contribution in [3.8, 4) is 0 Å². The second kappa shape index (κ2) is 6.54. The summed E-state index contributed by atoms with van der Waals surface area (Å²) in [6, 6.07) is 0. The fourth-order valence-corrected chi connectivity index (χ4v) is 0.124. The van der Waals surface area contributed by atoms with Crippen LogP contribution in [0.15, 0.2) is 0 Å². The van der Waals surface area contributed by atoms with Crippen LogP contribution in [0.5, 0.6) is 0 Å². The molecule has 0 spiro atoms. The number of hydrogen-bond donors (Lipinski definition) is 2. The summed E-state index contributed by atoms with van der Waals surface area (Å²) in [5.74, 6) is 0. The molecule has 0 aromatic heterocycles. The Kier molecular flexibility index (Phi) is 9.91. The van der Waals surface area contributed by atoms with Gasteiger partial charge < -0.3 is 11.4 Å². The molecule has 0 rings (SSSR count). The van der Waals surface area contributed by atoms with Gasteiger partial charge >= 0.3 is 51.4 Å². The van der Waals surface area contributed by atoms with Gasteiger partial charge in [0, 0.05) is 7.05 Å². The zero-order chi connectivity index (χ0) is 5.86. The quantitative estimate of drug-likeness (QED) is 0.245. The van der Waals surface area contributed by atoms with Gasteiger partial charge in [0.25, 0.3) is 5.24 Å². The number of hydrogen-bond acceptors (Lipinski definition) is 2. The molecule has 1 N–H and O–H groups in total. The Morgan fingerprint density at radius 3 is 2.38 bits per heavy atom. The van der Waals surface area contributed by atoms with Gasteiger partial charge in [-0.05, 0) is 0 Å². The molecule has 0 aromatic carbocycles. The maximum absolute atomic E-state index is 10.0. The number of amides is 1. The minimum atomic E-state index is -0.428. The van der Waals surface area contributed by atoms with E-state index in [1.54, 1.807) is 0 Å². The second-order valence-electron chi connectivity index (χ2n) is 1.12. The number of rotatable bonds is 1. The normalized spacial score (nSPS) is 7.38. The first-order chi connectivity index (χ1) is 3.18. The third-order valence-corrected chi connectivity index (χ3v) is 0.880. The van der Waals surface area contributed by atoms with E-state index < -0.39 is 5.24 Å². The average Bonchev–Trinajstić information content (AvgIpc) is 1.65. The molecule has 0 saturated heterocycles. The summed E-state index contributed by atoms with van der Waals surface area (Å²) in [5.41, 5.74) is 0. The van der Waals surface area contributed by atoms with E-state index in [4.69, 9.17) is 5.11 Å². The van der Waals surface area contributed by atoms with Crippen molar-refractivity contribution in [2.75, 3.05) is 13.8 Å². The molecule has 0 fully saturated rings. The van der Waals surface area contributed by atoms with Gasteiger partial charge in [-0.15, -0.1) is 0 Å². The van der Waals surface area contributed by atoms with Crippen LogP contribution in [0.4, 0.5) is 4.79 Å². The Morgan fingerprint density at radius 1 is 2.00 bits per heavy atom. The van der Waals surface area contributed by atoms with Gasteiger partial charge in [0.1, 0.15) is 6.73 Å². The smallest absolute Gasteiger partial charge is 1.00 e. The zero-order valence-electron chi connectivity index (χ0n) is 5.96. The number of aliphatic hydroxyl groups is 1. The van der Waals surface area contributed by atoms with Gasteiger partial charge in [0.15, 0.2) is 0 Å². The molecule has 1 amide bonds. The first-order valence-corrected chi connectivity index (χ1v) is 2.18. The van der Waals surface area contributed by atoms with Crippen LogP contribution in [-0.2, 0) is 0 Å². The number of thiol groups is 1. The van der Waals surface area contributed by atoms with Crippen molar-refractivity contribution in [1.29, 1.82) is 0 Å². The second-order valence-corrected chi connectivity index (χ2v) is 1.50. The fourth-order valence-electron chi connectivity index (χ4n) is 0.0605.